The largest absolute Gasteiger partial charge is 0.275 e. The van der Waals surface area contributed by atoms with E-state index in [0.29, 0.717) is 11.1 Å². The van der Waals surface area contributed by atoms with Crippen molar-refractivity contribution in [3.05, 3.63) is 85.7 Å². The number of nitrogens with zero attached hydrogens (tertiary/aromatic N) is 4. The fraction of sp³-hybridized carbons (Fsp3) is 0.0500. The highest BCUT2D eigenvalue weighted by Crippen LogP contribution is 2.29. The van der Waals surface area contributed by atoms with Gasteiger partial charge in [-0.2, -0.15) is 5.10 Å². The Hall–Kier alpha value is -3.26. The lowest BCUT2D eigenvalue weighted by molar-refractivity contribution is 0.587. The molecule has 0 unspecified atom stereocenters. The summed E-state index contributed by atoms with van der Waals surface area (Å²) >= 11 is 0. The van der Waals surface area contributed by atoms with Crippen molar-refractivity contribution in [1.29, 1.82) is 0 Å². The van der Waals surface area contributed by atoms with Gasteiger partial charge in [0.05, 0.1) is 11.9 Å². The van der Waals surface area contributed by atoms with Crippen molar-refractivity contribution < 1.29 is 12.8 Å². The molecule has 3 aromatic heterocycles. The highest BCUT2D eigenvalue weighted by atomic mass is 32.2. The van der Waals surface area contributed by atoms with Crippen LogP contribution in [-0.2, 0) is 17.1 Å². The van der Waals surface area contributed by atoms with Crippen LogP contribution in [0.1, 0.15) is 5.56 Å². The first-order chi connectivity index (χ1) is 13.4. The Morgan fingerprint density at radius 1 is 1.04 bits per heavy atom. The first-order valence-electron chi connectivity index (χ1n) is 8.35. The summed E-state index contributed by atoms with van der Waals surface area (Å²) in [6, 6.07) is 9.07. The van der Waals surface area contributed by atoms with E-state index < -0.39 is 15.8 Å². The number of halogens is 1. The fourth-order valence-corrected chi connectivity index (χ4v) is 4.34. The van der Waals surface area contributed by atoms with E-state index in [1.54, 1.807) is 42.5 Å². The molecule has 0 aliphatic rings. The molecule has 0 bridgehead atoms. The van der Waals surface area contributed by atoms with Crippen LogP contribution in [0.15, 0.2) is 72.3 Å². The van der Waals surface area contributed by atoms with E-state index in [1.807, 2.05) is 0 Å². The highest BCUT2D eigenvalue weighted by molar-refractivity contribution is 7.90. The van der Waals surface area contributed by atoms with Crippen LogP contribution < -0.4 is 0 Å². The van der Waals surface area contributed by atoms with E-state index in [0.717, 1.165) is 9.54 Å². The number of pyridine rings is 1. The molecule has 4 aromatic rings. The van der Waals surface area contributed by atoms with Gasteiger partial charge >= 0.3 is 0 Å². The van der Waals surface area contributed by atoms with Crippen LogP contribution in [0.25, 0.3) is 22.4 Å². The highest BCUT2D eigenvalue weighted by Gasteiger charge is 2.23. The van der Waals surface area contributed by atoms with Gasteiger partial charge < -0.3 is 0 Å². The zero-order valence-electron chi connectivity index (χ0n) is 14.9. The molecule has 1 aromatic carbocycles. The molecule has 0 atom stereocenters. The predicted molar refractivity (Wildman–Crippen MR) is 103 cm³/mol. The summed E-state index contributed by atoms with van der Waals surface area (Å²) in [5.74, 6) is -0.515. The third-order valence-electron chi connectivity index (χ3n) is 4.30. The van der Waals surface area contributed by atoms with Crippen LogP contribution in [0, 0.1) is 12.7 Å². The van der Waals surface area contributed by atoms with Gasteiger partial charge in [-0.05, 0) is 36.8 Å². The van der Waals surface area contributed by atoms with Gasteiger partial charge in [-0.1, -0.05) is 12.1 Å². The summed E-state index contributed by atoms with van der Waals surface area (Å²) in [5, 5.41) is 4.09. The van der Waals surface area contributed by atoms with Gasteiger partial charge in [0.25, 0.3) is 10.0 Å². The van der Waals surface area contributed by atoms with E-state index in [2.05, 4.69) is 17.0 Å². The Balaban J connectivity index is 1.86. The van der Waals surface area contributed by atoms with E-state index in [-0.39, 0.29) is 16.2 Å². The Morgan fingerprint density at radius 3 is 2.54 bits per heavy atom. The molecule has 0 aliphatic carbocycles. The van der Waals surface area contributed by atoms with Crippen LogP contribution in [-0.4, -0.2) is 27.2 Å². The van der Waals surface area contributed by atoms with E-state index in [1.165, 1.54) is 36.7 Å². The third-order valence-corrected chi connectivity index (χ3v) is 5.94. The van der Waals surface area contributed by atoms with Crippen LogP contribution in [0.4, 0.5) is 4.39 Å². The molecule has 6 nitrogen and oxygen atoms in total. The van der Waals surface area contributed by atoms with Crippen molar-refractivity contribution in [2.45, 2.75) is 4.90 Å². The molecule has 0 saturated heterocycles. The number of aromatic nitrogens is 4. The molecule has 0 saturated carbocycles. The number of benzene rings is 1. The minimum absolute atomic E-state index is 0.0120. The maximum atomic E-state index is 14.3. The molecule has 1 radical (unpaired) electrons. The van der Waals surface area contributed by atoms with Gasteiger partial charge in [-0.3, -0.25) is 9.67 Å². The van der Waals surface area contributed by atoms with Gasteiger partial charge in [-0.25, -0.2) is 16.8 Å². The van der Waals surface area contributed by atoms with E-state index >= 15 is 0 Å². The van der Waals surface area contributed by atoms with Crippen molar-refractivity contribution in [3.63, 3.8) is 0 Å². The second-order valence-corrected chi connectivity index (χ2v) is 8.14. The zero-order valence-corrected chi connectivity index (χ0v) is 15.8. The smallest absolute Gasteiger partial charge is 0.269 e. The first-order valence-corrected chi connectivity index (χ1v) is 9.79. The average molecular weight is 395 g/mol. The standard InChI is InChI=1S/C20H16FN4O2S/c1-14-7-20(18-5-3-4-6-19(18)21)25(12-14)28(26,27)17-8-15(9-22-11-17)16-10-23-24(2)13-16/h3-13H,1H2,2H3. The van der Waals surface area contributed by atoms with Crippen LogP contribution in [0.5, 0.6) is 0 Å². The second kappa shape index (κ2) is 6.72. The second-order valence-electron chi connectivity index (χ2n) is 6.33. The summed E-state index contributed by atoms with van der Waals surface area (Å²) in [7, 11) is -2.25. The van der Waals surface area contributed by atoms with Crippen molar-refractivity contribution in [2.24, 2.45) is 7.05 Å². The van der Waals surface area contributed by atoms with Crippen molar-refractivity contribution in [2.75, 3.05) is 0 Å². The number of hydrogen-bond donors (Lipinski definition) is 0. The third kappa shape index (κ3) is 3.11. The van der Waals surface area contributed by atoms with Gasteiger partial charge in [0.15, 0.2) is 0 Å². The Bertz CT molecular complexity index is 1270. The van der Waals surface area contributed by atoms with E-state index in [9.17, 15) is 12.8 Å². The first kappa shape index (κ1) is 18.1. The van der Waals surface area contributed by atoms with Crippen LogP contribution in [0.2, 0.25) is 0 Å². The Morgan fingerprint density at radius 2 is 1.82 bits per heavy atom. The molecular formula is C20H16FN4O2S. The minimum atomic E-state index is -4.02. The number of aryl methyl sites for hydroxylation is 1. The summed E-state index contributed by atoms with van der Waals surface area (Å²) in [6.07, 6.45) is 7.59. The zero-order chi connectivity index (χ0) is 19.9. The molecule has 8 heteroatoms. The van der Waals surface area contributed by atoms with Crippen molar-refractivity contribution >= 4 is 10.0 Å². The normalized spacial score (nSPS) is 11.7. The summed E-state index contributed by atoms with van der Waals surface area (Å²) in [5.41, 5.74) is 2.20. The van der Waals surface area contributed by atoms with Crippen molar-refractivity contribution in [3.8, 4) is 22.4 Å². The maximum absolute atomic E-state index is 14.3. The van der Waals surface area contributed by atoms with Crippen LogP contribution in [0.3, 0.4) is 0 Å². The molecule has 0 aliphatic heterocycles. The lowest BCUT2D eigenvalue weighted by Gasteiger charge is -2.11. The molecule has 0 amide bonds. The lowest BCUT2D eigenvalue weighted by atomic mass is 10.1. The van der Waals surface area contributed by atoms with E-state index in [4.69, 9.17) is 0 Å². The van der Waals surface area contributed by atoms with Crippen LogP contribution >= 0.6 is 0 Å². The quantitative estimate of drug-likeness (QED) is 0.530. The molecule has 0 N–H and O–H groups in total. The predicted octanol–water partition coefficient (Wildman–Crippen LogP) is 3.51. The summed E-state index contributed by atoms with van der Waals surface area (Å²) in [6.45, 7) is 3.80. The van der Waals surface area contributed by atoms with Gasteiger partial charge in [-0.15, -0.1) is 0 Å². The topological polar surface area (TPSA) is 69.8 Å². The number of hydrogen-bond acceptors (Lipinski definition) is 4. The average Bonchev–Trinajstić information content (AvgIpc) is 3.28. The van der Waals surface area contributed by atoms with Crippen molar-refractivity contribution in [1.82, 2.24) is 18.7 Å². The van der Waals surface area contributed by atoms with Gasteiger partial charge in [0.2, 0.25) is 0 Å². The lowest BCUT2D eigenvalue weighted by Crippen LogP contribution is -2.14. The molecule has 0 fully saturated rings. The minimum Gasteiger partial charge on any atom is -0.275 e. The van der Waals surface area contributed by atoms with Gasteiger partial charge in [0.1, 0.15) is 10.7 Å². The monoisotopic (exact) mass is 395 g/mol. The SMILES string of the molecule is [CH2]c1cc(-c2ccccc2F)n(S(=O)(=O)c2cncc(-c3cnn(C)c3)c2)c1. The number of rotatable bonds is 4. The summed E-state index contributed by atoms with van der Waals surface area (Å²) < 4.78 is 43.5. The fourth-order valence-electron chi connectivity index (χ4n) is 2.96. The molecule has 3 heterocycles. The molecule has 4 rings (SSSR count). The Labute approximate surface area is 162 Å². The molecule has 141 valence electrons. The molecule has 0 spiro atoms. The Kier molecular flexibility index (Phi) is 4.35. The summed E-state index contributed by atoms with van der Waals surface area (Å²) in [4.78, 5) is 4.06. The van der Waals surface area contributed by atoms with Gasteiger partial charge in [0, 0.05) is 48.5 Å². The molecule has 28 heavy (non-hydrogen) atoms. The molecular weight excluding hydrogens is 379 g/mol. The maximum Gasteiger partial charge on any atom is 0.269 e.